The predicted octanol–water partition coefficient (Wildman–Crippen LogP) is 2.77. The van der Waals surface area contributed by atoms with E-state index in [0.717, 1.165) is 10.6 Å². The van der Waals surface area contributed by atoms with Gasteiger partial charge in [-0.15, -0.1) is 11.3 Å². The molecule has 2 amide bonds. The monoisotopic (exact) mass is 360 g/mol. The van der Waals surface area contributed by atoms with Gasteiger partial charge >= 0.3 is 0 Å². The van der Waals surface area contributed by atoms with E-state index >= 15 is 0 Å². The van der Waals surface area contributed by atoms with Crippen molar-refractivity contribution in [2.24, 2.45) is 0 Å². The molecule has 0 saturated carbocycles. The fourth-order valence-corrected chi connectivity index (χ4v) is 2.47. The summed E-state index contributed by atoms with van der Waals surface area (Å²) < 4.78 is 10.9. The molecule has 0 radical (unpaired) electrons. The number of nitrogens with one attached hydrogen (secondary N) is 2. The number of hydrazine groups is 1. The minimum atomic E-state index is -0.764. The van der Waals surface area contributed by atoms with Crippen LogP contribution < -0.4 is 20.3 Å². The molecular formula is C18H20N2O4S. The van der Waals surface area contributed by atoms with Gasteiger partial charge in [-0.1, -0.05) is 6.07 Å². The van der Waals surface area contributed by atoms with Crippen molar-refractivity contribution in [3.63, 3.8) is 0 Å². The van der Waals surface area contributed by atoms with E-state index in [9.17, 15) is 9.59 Å². The summed E-state index contributed by atoms with van der Waals surface area (Å²) in [4.78, 5) is 24.6. The van der Waals surface area contributed by atoms with Crippen LogP contribution in [0.2, 0.25) is 0 Å². The molecule has 2 N–H and O–H groups in total. The molecule has 0 aliphatic carbocycles. The van der Waals surface area contributed by atoms with E-state index in [1.165, 1.54) is 17.4 Å². The Morgan fingerprint density at radius 3 is 2.52 bits per heavy atom. The van der Waals surface area contributed by atoms with Crippen molar-refractivity contribution in [3.05, 3.63) is 52.7 Å². The lowest BCUT2D eigenvalue weighted by Gasteiger charge is -2.15. The third-order valence-corrected chi connectivity index (χ3v) is 3.91. The molecular weight excluding hydrogens is 340 g/mol. The quantitative estimate of drug-likeness (QED) is 0.588. The summed E-state index contributed by atoms with van der Waals surface area (Å²) in [7, 11) is 0. The Balaban J connectivity index is 1.76. The van der Waals surface area contributed by atoms with Gasteiger partial charge in [0, 0.05) is 11.0 Å². The number of benzene rings is 1. The minimum absolute atomic E-state index is 0.421. The number of amides is 2. The van der Waals surface area contributed by atoms with Crippen molar-refractivity contribution in [2.45, 2.75) is 20.0 Å². The van der Waals surface area contributed by atoms with Crippen LogP contribution in [-0.2, 0) is 9.59 Å². The number of rotatable bonds is 7. The highest BCUT2D eigenvalue weighted by Gasteiger charge is 2.15. The first kappa shape index (κ1) is 18.5. The normalized spacial score (nSPS) is 11.8. The van der Waals surface area contributed by atoms with Gasteiger partial charge in [-0.25, -0.2) is 0 Å². The summed E-state index contributed by atoms with van der Waals surface area (Å²) in [6.45, 7) is 4.08. The lowest BCUT2D eigenvalue weighted by atomic mass is 10.3. The van der Waals surface area contributed by atoms with Gasteiger partial charge in [-0.05, 0) is 55.6 Å². The van der Waals surface area contributed by atoms with Gasteiger partial charge in [0.15, 0.2) is 6.10 Å². The average Bonchev–Trinajstić information content (AvgIpc) is 3.13. The first-order valence-corrected chi connectivity index (χ1v) is 8.67. The average molecular weight is 360 g/mol. The number of thiophene rings is 1. The lowest BCUT2D eigenvalue weighted by molar-refractivity contribution is -0.131. The first-order valence-electron chi connectivity index (χ1n) is 7.79. The molecule has 6 nitrogen and oxygen atoms in total. The van der Waals surface area contributed by atoms with E-state index in [2.05, 4.69) is 10.9 Å². The molecule has 132 valence electrons. The van der Waals surface area contributed by atoms with Crippen molar-refractivity contribution in [1.82, 2.24) is 10.9 Å². The van der Waals surface area contributed by atoms with Gasteiger partial charge in [-0.2, -0.15) is 0 Å². The Hall–Kier alpha value is -2.80. The van der Waals surface area contributed by atoms with E-state index in [-0.39, 0.29) is 0 Å². The van der Waals surface area contributed by atoms with E-state index in [4.69, 9.17) is 9.47 Å². The van der Waals surface area contributed by atoms with Crippen LogP contribution >= 0.6 is 11.3 Å². The number of hydrogen-bond acceptors (Lipinski definition) is 5. The van der Waals surface area contributed by atoms with Gasteiger partial charge in [-0.3, -0.25) is 20.4 Å². The summed E-state index contributed by atoms with van der Waals surface area (Å²) in [6, 6.07) is 10.7. The van der Waals surface area contributed by atoms with Gasteiger partial charge < -0.3 is 9.47 Å². The molecule has 1 atom stereocenters. The van der Waals surface area contributed by atoms with Crippen LogP contribution in [0, 0.1) is 0 Å². The zero-order valence-corrected chi connectivity index (χ0v) is 14.8. The Kier molecular flexibility index (Phi) is 7.03. The summed E-state index contributed by atoms with van der Waals surface area (Å²) in [5.74, 6) is 0.397. The van der Waals surface area contributed by atoms with E-state index < -0.39 is 17.9 Å². The second-order valence-corrected chi connectivity index (χ2v) is 5.97. The van der Waals surface area contributed by atoms with Crippen molar-refractivity contribution >= 4 is 29.2 Å². The second-order valence-electron chi connectivity index (χ2n) is 4.99. The highest BCUT2D eigenvalue weighted by atomic mass is 32.1. The van der Waals surface area contributed by atoms with Crippen LogP contribution in [0.5, 0.6) is 11.5 Å². The number of hydrogen-bond donors (Lipinski definition) is 2. The summed E-state index contributed by atoms with van der Waals surface area (Å²) >= 11 is 1.52. The van der Waals surface area contributed by atoms with E-state index in [1.54, 1.807) is 37.3 Å². The number of carbonyl (C=O) groups is 2. The van der Waals surface area contributed by atoms with Crippen LogP contribution in [-0.4, -0.2) is 24.5 Å². The second kappa shape index (κ2) is 9.48. The maximum atomic E-state index is 12.0. The summed E-state index contributed by atoms with van der Waals surface area (Å²) in [5.41, 5.74) is 4.64. The van der Waals surface area contributed by atoms with Gasteiger partial charge in [0.25, 0.3) is 11.8 Å². The Morgan fingerprint density at radius 1 is 1.16 bits per heavy atom. The van der Waals surface area contributed by atoms with Crippen LogP contribution in [0.15, 0.2) is 47.9 Å². The molecule has 1 aromatic heterocycles. The molecule has 2 rings (SSSR count). The topological polar surface area (TPSA) is 76.7 Å². The standard InChI is InChI=1S/C18H20N2O4S/c1-3-23-14-6-8-15(9-7-14)24-13(2)18(22)20-19-17(21)11-10-16-5-4-12-25-16/h4-13H,3H2,1-2H3,(H,19,21)(H,20,22)/b11-10+/t13-/m1/s1. The molecule has 0 unspecified atom stereocenters. The molecule has 2 aromatic rings. The molecule has 0 aliphatic rings. The van der Waals surface area contributed by atoms with Gasteiger partial charge in [0.1, 0.15) is 11.5 Å². The third kappa shape index (κ3) is 6.31. The smallest absolute Gasteiger partial charge is 0.279 e. The first-order chi connectivity index (χ1) is 12.1. The molecule has 7 heteroatoms. The predicted molar refractivity (Wildman–Crippen MR) is 97.3 cm³/mol. The SMILES string of the molecule is CCOc1ccc(O[C@H](C)C(=O)NNC(=O)/C=C/c2cccs2)cc1. The lowest BCUT2D eigenvalue weighted by Crippen LogP contribution is -2.46. The third-order valence-electron chi connectivity index (χ3n) is 3.07. The number of ether oxygens (including phenoxy) is 2. The molecule has 0 spiro atoms. The Bertz CT molecular complexity index is 711. The molecule has 0 fully saturated rings. The molecule has 0 aliphatic heterocycles. The van der Waals surface area contributed by atoms with Crippen LogP contribution in [0.25, 0.3) is 6.08 Å². The summed E-state index contributed by atoms with van der Waals surface area (Å²) in [6.07, 6.45) is 2.26. The highest BCUT2D eigenvalue weighted by molar-refractivity contribution is 7.10. The molecule has 0 saturated heterocycles. The maximum Gasteiger partial charge on any atom is 0.279 e. The van der Waals surface area contributed by atoms with Gasteiger partial charge in [0.05, 0.1) is 6.61 Å². The van der Waals surface area contributed by atoms with E-state index in [1.807, 2.05) is 24.4 Å². The van der Waals surface area contributed by atoms with Crippen molar-refractivity contribution in [1.29, 1.82) is 0 Å². The maximum absolute atomic E-state index is 12.0. The molecule has 1 aromatic carbocycles. The van der Waals surface area contributed by atoms with E-state index in [0.29, 0.717) is 12.4 Å². The minimum Gasteiger partial charge on any atom is -0.494 e. The fourth-order valence-electron chi connectivity index (χ4n) is 1.85. The highest BCUT2D eigenvalue weighted by Crippen LogP contribution is 2.18. The zero-order valence-electron chi connectivity index (χ0n) is 14.0. The Morgan fingerprint density at radius 2 is 1.88 bits per heavy atom. The summed E-state index contributed by atoms with van der Waals surface area (Å²) in [5, 5.41) is 1.92. The van der Waals surface area contributed by atoms with Crippen molar-refractivity contribution in [3.8, 4) is 11.5 Å². The van der Waals surface area contributed by atoms with Crippen LogP contribution in [0.3, 0.4) is 0 Å². The van der Waals surface area contributed by atoms with Gasteiger partial charge in [0.2, 0.25) is 0 Å². The van der Waals surface area contributed by atoms with Crippen LogP contribution in [0.4, 0.5) is 0 Å². The van der Waals surface area contributed by atoms with Crippen molar-refractivity contribution in [2.75, 3.05) is 6.61 Å². The van der Waals surface area contributed by atoms with Crippen molar-refractivity contribution < 1.29 is 19.1 Å². The molecule has 0 bridgehead atoms. The van der Waals surface area contributed by atoms with Crippen LogP contribution in [0.1, 0.15) is 18.7 Å². The zero-order chi connectivity index (χ0) is 18.1. The number of carbonyl (C=O) groups excluding carboxylic acids is 2. The Labute approximate surface area is 150 Å². The molecule has 1 heterocycles. The fraction of sp³-hybridized carbons (Fsp3) is 0.222. The largest absolute Gasteiger partial charge is 0.494 e. The molecule has 25 heavy (non-hydrogen) atoms.